The molecule has 5 nitrogen and oxygen atoms in total. The van der Waals surface area contributed by atoms with Crippen LogP contribution < -0.4 is 10.6 Å². The van der Waals surface area contributed by atoms with Gasteiger partial charge in [0.25, 0.3) is 0 Å². The minimum Gasteiger partial charge on any atom is -0.356 e. The molecule has 1 rings (SSSR count). The van der Waals surface area contributed by atoms with Crippen molar-refractivity contribution in [1.29, 1.82) is 0 Å². The second kappa shape index (κ2) is 13.4. The first kappa shape index (κ1) is 25.2. The first-order valence-electron chi connectivity index (χ1n) is 9.14. The zero-order valence-corrected chi connectivity index (χ0v) is 19.6. The maximum absolute atomic E-state index is 11.5. The number of hydrogen-bond acceptors (Lipinski definition) is 3. The predicted molar refractivity (Wildman–Crippen MR) is 121 cm³/mol. The molecule has 0 aliphatic heterocycles. The minimum atomic E-state index is -3.13. The largest absolute Gasteiger partial charge is 0.356 e. The van der Waals surface area contributed by atoms with Crippen LogP contribution >= 0.6 is 24.0 Å². The Morgan fingerprint density at radius 3 is 2.31 bits per heavy atom. The van der Waals surface area contributed by atoms with Crippen LogP contribution in [0.3, 0.4) is 0 Å². The summed E-state index contributed by atoms with van der Waals surface area (Å²) in [6.07, 6.45) is 6.98. The van der Waals surface area contributed by atoms with Gasteiger partial charge in [-0.1, -0.05) is 45.2 Å². The quantitative estimate of drug-likeness (QED) is 0.296. The number of nitrogens with one attached hydrogen (secondary N) is 2. The molecular weight excluding hydrogens is 461 g/mol. The summed E-state index contributed by atoms with van der Waals surface area (Å²) in [5.74, 6) is 1.50. The van der Waals surface area contributed by atoms with E-state index in [0.29, 0.717) is 10.8 Å². The molecule has 26 heavy (non-hydrogen) atoms. The molecule has 1 unspecified atom stereocenters. The van der Waals surface area contributed by atoms with Gasteiger partial charge in [-0.25, -0.2) is 8.42 Å². The Balaban J connectivity index is 0.00000625. The molecule has 0 aliphatic rings. The molecule has 7 heteroatoms. The van der Waals surface area contributed by atoms with Gasteiger partial charge in [0.1, 0.15) is 0 Å². The number of rotatable bonds is 10. The summed E-state index contributed by atoms with van der Waals surface area (Å²) in [5, 5.41) is 6.72. The van der Waals surface area contributed by atoms with Crippen LogP contribution in [0.2, 0.25) is 0 Å². The minimum absolute atomic E-state index is 0. The number of halogens is 1. The van der Waals surface area contributed by atoms with Crippen molar-refractivity contribution in [3.8, 4) is 0 Å². The second-order valence-corrected chi connectivity index (χ2v) is 8.48. The van der Waals surface area contributed by atoms with Gasteiger partial charge in [-0.15, -0.1) is 24.0 Å². The van der Waals surface area contributed by atoms with Crippen molar-refractivity contribution in [3.05, 3.63) is 29.8 Å². The van der Waals surface area contributed by atoms with Crippen LogP contribution in [0.4, 0.5) is 0 Å². The van der Waals surface area contributed by atoms with E-state index in [2.05, 4.69) is 29.5 Å². The van der Waals surface area contributed by atoms with E-state index < -0.39 is 9.84 Å². The fraction of sp³-hybridized carbons (Fsp3) is 0.632. The highest BCUT2D eigenvalue weighted by Gasteiger charge is 2.08. The van der Waals surface area contributed by atoms with Gasteiger partial charge < -0.3 is 10.6 Å². The van der Waals surface area contributed by atoms with Crippen LogP contribution in [0.25, 0.3) is 0 Å². The number of aliphatic imine (C=N–C) groups is 1. The van der Waals surface area contributed by atoms with Crippen LogP contribution in [0.5, 0.6) is 0 Å². The molecule has 0 bridgehead atoms. The maximum Gasteiger partial charge on any atom is 0.190 e. The first-order valence-corrected chi connectivity index (χ1v) is 11.0. The molecule has 0 aromatic heterocycles. The lowest BCUT2D eigenvalue weighted by Crippen LogP contribution is -2.40. The zero-order chi connectivity index (χ0) is 18.7. The fourth-order valence-electron chi connectivity index (χ4n) is 2.63. The highest BCUT2D eigenvalue weighted by molar-refractivity contribution is 14.0. The van der Waals surface area contributed by atoms with Gasteiger partial charge in [-0.3, -0.25) is 4.99 Å². The van der Waals surface area contributed by atoms with E-state index in [9.17, 15) is 8.42 Å². The van der Waals surface area contributed by atoms with Crippen LogP contribution in [-0.4, -0.2) is 40.8 Å². The van der Waals surface area contributed by atoms with E-state index in [1.165, 1.54) is 31.9 Å². The van der Waals surface area contributed by atoms with Crippen molar-refractivity contribution in [2.45, 2.75) is 50.8 Å². The van der Waals surface area contributed by atoms with Crippen LogP contribution in [0, 0.1) is 5.92 Å². The van der Waals surface area contributed by atoms with Crippen LogP contribution in [0.15, 0.2) is 34.2 Å². The standard InChI is InChI=1S/C19H33N3O2S.HI/c1-5-7-8-16(6-2)15-22-19(20-3)21-14-13-17-9-11-18(12-10-17)25(4,23)24;/h9-12,16H,5-8,13-15H2,1-4H3,(H2,20,21,22);1H. The molecule has 0 amide bonds. The third-order valence-corrected chi connectivity index (χ3v) is 5.51. The maximum atomic E-state index is 11.5. The monoisotopic (exact) mass is 495 g/mol. The van der Waals surface area contributed by atoms with E-state index in [0.717, 1.165) is 31.0 Å². The van der Waals surface area contributed by atoms with Crippen LogP contribution in [0.1, 0.15) is 45.1 Å². The molecule has 1 aromatic carbocycles. The lowest BCUT2D eigenvalue weighted by molar-refractivity contribution is 0.444. The van der Waals surface area contributed by atoms with Crippen molar-refractivity contribution in [1.82, 2.24) is 10.6 Å². The number of sulfone groups is 1. The molecule has 0 aliphatic carbocycles. The van der Waals surface area contributed by atoms with Gasteiger partial charge >= 0.3 is 0 Å². The van der Waals surface area contributed by atoms with Crippen LogP contribution in [-0.2, 0) is 16.3 Å². The van der Waals surface area contributed by atoms with Gasteiger partial charge in [0.2, 0.25) is 0 Å². The van der Waals surface area contributed by atoms with Gasteiger partial charge in [-0.2, -0.15) is 0 Å². The Morgan fingerprint density at radius 1 is 1.15 bits per heavy atom. The molecule has 0 heterocycles. The Labute approximate surface area is 176 Å². The normalized spacial score (nSPS) is 13.0. The predicted octanol–water partition coefficient (Wildman–Crippen LogP) is 3.63. The Bertz CT molecular complexity index is 631. The number of benzene rings is 1. The molecule has 1 aromatic rings. The third-order valence-electron chi connectivity index (χ3n) is 4.38. The first-order chi connectivity index (χ1) is 11.9. The van der Waals surface area contributed by atoms with E-state index >= 15 is 0 Å². The van der Waals surface area contributed by atoms with Crippen molar-refractivity contribution in [2.75, 3.05) is 26.4 Å². The summed E-state index contributed by atoms with van der Waals surface area (Å²) in [6, 6.07) is 7.06. The summed E-state index contributed by atoms with van der Waals surface area (Å²) in [4.78, 5) is 4.63. The molecule has 0 saturated carbocycles. The SMILES string of the molecule is CCCCC(CC)CNC(=NC)NCCc1ccc(S(C)(=O)=O)cc1.I. The third kappa shape index (κ3) is 9.75. The summed E-state index contributed by atoms with van der Waals surface area (Å²) >= 11 is 0. The molecule has 2 N–H and O–H groups in total. The number of unbranched alkanes of at least 4 members (excludes halogenated alkanes) is 1. The summed E-state index contributed by atoms with van der Waals surface area (Å²) < 4.78 is 22.9. The molecular formula is C19H34IN3O2S. The van der Waals surface area contributed by atoms with E-state index in [4.69, 9.17) is 0 Å². The van der Waals surface area contributed by atoms with Crippen molar-refractivity contribution >= 4 is 39.8 Å². The molecule has 0 radical (unpaired) electrons. The van der Waals surface area contributed by atoms with E-state index in [-0.39, 0.29) is 24.0 Å². The summed E-state index contributed by atoms with van der Waals surface area (Å²) in [5.41, 5.74) is 1.10. The highest BCUT2D eigenvalue weighted by atomic mass is 127. The van der Waals surface area contributed by atoms with Gasteiger partial charge in [0, 0.05) is 26.4 Å². The second-order valence-electron chi connectivity index (χ2n) is 6.46. The molecule has 150 valence electrons. The number of hydrogen-bond donors (Lipinski definition) is 2. The van der Waals surface area contributed by atoms with Gasteiger partial charge in [-0.05, 0) is 36.5 Å². The lowest BCUT2D eigenvalue weighted by Gasteiger charge is -2.18. The average Bonchev–Trinajstić information content (AvgIpc) is 2.59. The van der Waals surface area contributed by atoms with Gasteiger partial charge in [0.05, 0.1) is 4.90 Å². The number of guanidine groups is 1. The lowest BCUT2D eigenvalue weighted by atomic mass is 9.99. The topological polar surface area (TPSA) is 70.6 Å². The van der Waals surface area contributed by atoms with E-state index in [1.807, 2.05) is 12.1 Å². The molecule has 0 saturated heterocycles. The number of nitrogens with zero attached hydrogens (tertiary/aromatic N) is 1. The molecule has 0 spiro atoms. The molecule has 0 fully saturated rings. The average molecular weight is 495 g/mol. The summed E-state index contributed by atoms with van der Waals surface area (Å²) in [7, 11) is -1.35. The Hall–Kier alpha value is -0.830. The Morgan fingerprint density at radius 2 is 1.81 bits per heavy atom. The van der Waals surface area contributed by atoms with E-state index in [1.54, 1.807) is 19.2 Å². The fourth-order valence-corrected chi connectivity index (χ4v) is 3.26. The van der Waals surface area contributed by atoms with Crippen molar-refractivity contribution in [2.24, 2.45) is 10.9 Å². The highest BCUT2D eigenvalue weighted by Crippen LogP contribution is 2.11. The zero-order valence-electron chi connectivity index (χ0n) is 16.4. The Kier molecular flexibility index (Phi) is 12.9. The van der Waals surface area contributed by atoms with Gasteiger partial charge in [0.15, 0.2) is 15.8 Å². The molecule has 1 atom stereocenters. The summed E-state index contributed by atoms with van der Waals surface area (Å²) in [6.45, 7) is 6.16. The smallest absolute Gasteiger partial charge is 0.190 e. The van der Waals surface area contributed by atoms with Crippen molar-refractivity contribution in [3.63, 3.8) is 0 Å². The van der Waals surface area contributed by atoms with Crippen molar-refractivity contribution < 1.29 is 8.42 Å².